The van der Waals surface area contributed by atoms with Gasteiger partial charge in [-0.25, -0.2) is 0 Å². The molecule has 0 aromatic rings. The minimum Gasteiger partial charge on any atom is -0.299 e. The third kappa shape index (κ3) is 1.11. The first-order chi connectivity index (χ1) is 5.20. The summed E-state index contributed by atoms with van der Waals surface area (Å²) in [6, 6.07) is 0. The lowest BCUT2D eigenvalue weighted by Crippen LogP contribution is -2.01. The van der Waals surface area contributed by atoms with Crippen molar-refractivity contribution in [1.29, 1.82) is 0 Å². The first-order valence-corrected chi connectivity index (χ1v) is 4.73. The fraction of sp³-hybridized carbons (Fsp3) is 0.900. The standard InChI is InChI=1S/C10H16O/c1-6(2)5-8-7-3-4-9(11)10(7)8/h6-8,10H,3-5H2,1-2H3/t7-,8-,10-/m0/s1. The number of ketones is 1. The van der Waals surface area contributed by atoms with Crippen molar-refractivity contribution in [1.82, 2.24) is 0 Å². The molecule has 2 aliphatic carbocycles. The maximum absolute atomic E-state index is 11.2. The molecule has 2 saturated carbocycles. The van der Waals surface area contributed by atoms with Crippen molar-refractivity contribution in [3.63, 3.8) is 0 Å². The number of fused-ring (bicyclic) bond motifs is 1. The molecule has 0 saturated heterocycles. The predicted octanol–water partition coefficient (Wildman–Crippen LogP) is 2.26. The largest absolute Gasteiger partial charge is 0.299 e. The van der Waals surface area contributed by atoms with Crippen molar-refractivity contribution < 1.29 is 4.79 Å². The number of Topliss-reactive ketones (excluding diaryl/α,β-unsaturated/α-hetero) is 1. The fourth-order valence-electron chi connectivity index (χ4n) is 2.66. The second-order valence-corrected chi connectivity index (χ2v) is 4.49. The first kappa shape index (κ1) is 7.33. The average Bonchev–Trinajstić information content (AvgIpc) is 2.41. The van der Waals surface area contributed by atoms with Gasteiger partial charge in [0.25, 0.3) is 0 Å². The molecule has 0 heterocycles. The molecule has 0 aromatic carbocycles. The predicted molar refractivity (Wildman–Crippen MR) is 44.2 cm³/mol. The van der Waals surface area contributed by atoms with Crippen LogP contribution in [-0.2, 0) is 4.79 Å². The lowest BCUT2D eigenvalue weighted by molar-refractivity contribution is -0.119. The lowest BCUT2D eigenvalue weighted by atomic mass is 10.0. The molecule has 2 rings (SSSR count). The molecule has 2 aliphatic rings. The van der Waals surface area contributed by atoms with Gasteiger partial charge in [0.2, 0.25) is 0 Å². The second-order valence-electron chi connectivity index (χ2n) is 4.49. The minimum atomic E-state index is 0.511. The molecule has 0 aromatic heterocycles. The zero-order valence-electron chi connectivity index (χ0n) is 7.34. The Labute approximate surface area is 68.2 Å². The molecule has 3 atom stereocenters. The van der Waals surface area contributed by atoms with Gasteiger partial charge in [0.05, 0.1) is 0 Å². The Morgan fingerprint density at radius 2 is 2.27 bits per heavy atom. The van der Waals surface area contributed by atoms with Crippen molar-refractivity contribution in [3.8, 4) is 0 Å². The van der Waals surface area contributed by atoms with E-state index in [-0.39, 0.29) is 0 Å². The highest BCUT2D eigenvalue weighted by Gasteiger charge is 2.57. The molecule has 2 fully saturated rings. The summed E-state index contributed by atoms with van der Waals surface area (Å²) >= 11 is 0. The smallest absolute Gasteiger partial charge is 0.136 e. The van der Waals surface area contributed by atoms with Gasteiger partial charge in [-0.15, -0.1) is 0 Å². The number of carbonyl (C=O) groups excluding carboxylic acids is 1. The van der Waals surface area contributed by atoms with E-state index in [0.29, 0.717) is 11.7 Å². The van der Waals surface area contributed by atoms with E-state index >= 15 is 0 Å². The molecule has 0 spiro atoms. The van der Waals surface area contributed by atoms with E-state index in [9.17, 15) is 4.79 Å². The van der Waals surface area contributed by atoms with Crippen LogP contribution in [0.2, 0.25) is 0 Å². The monoisotopic (exact) mass is 152 g/mol. The van der Waals surface area contributed by atoms with Crippen LogP contribution in [0.3, 0.4) is 0 Å². The Bertz CT molecular complexity index is 183. The SMILES string of the molecule is CC(C)C[C@H]1[C@@H]2CCC(=O)[C@@H]21. The van der Waals surface area contributed by atoms with Crippen molar-refractivity contribution in [2.45, 2.75) is 33.1 Å². The van der Waals surface area contributed by atoms with Gasteiger partial charge in [-0.3, -0.25) is 4.79 Å². The number of rotatable bonds is 2. The molecule has 1 heteroatoms. The number of carbonyl (C=O) groups is 1. The van der Waals surface area contributed by atoms with Crippen LogP contribution >= 0.6 is 0 Å². The highest BCUT2D eigenvalue weighted by molar-refractivity contribution is 5.87. The van der Waals surface area contributed by atoms with Crippen molar-refractivity contribution in [3.05, 3.63) is 0 Å². The van der Waals surface area contributed by atoms with E-state index in [4.69, 9.17) is 0 Å². The summed E-state index contributed by atoms with van der Waals surface area (Å²) in [6.45, 7) is 4.50. The van der Waals surface area contributed by atoms with Crippen LogP contribution in [0.1, 0.15) is 33.1 Å². The summed E-state index contributed by atoms with van der Waals surface area (Å²) < 4.78 is 0. The van der Waals surface area contributed by atoms with Crippen LogP contribution in [0, 0.1) is 23.7 Å². The third-order valence-electron chi connectivity index (χ3n) is 3.17. The van der Waals surface area contributed by atoms with E-state index < -0.39 is 0 Å². The topological polar surface area (TPSA) is 17.1 Å². The Morgan fingerprint density at radius 1 is 1.55 bits per heavy atom. The number of hydrogen-bond acceptors (Lipinski definition) is 1. The molecule has 0 N–H and O–H groups in total. The highest BCUT2D eigenvalue weighted by Crippen LogP contribution is 2.57. The van der Waals surface area contributed by atoms with Gasteiger partial charge in [0.1, 0.15) is 5.78 Å². The minimum absolute atomic E-state index is 0.511. The fourth-order valence-corrected chi connectivity index (χ4v) is 2.66. The van der Waals surface area contributed by atoms with Crippen molar-refractivity contribution in [2.75, 3.05) is 0 Å². The maximum atomic E-state index is 11.2. The summed E-state index contributed by atoms with van der Waals surface area (Å²) in [5.74, 6) is 3.44. The summed E-state index contributed by atoms with van der Waals surface area (Å²) in [5.41, 5.74) is 0. The normalized spacial score (nSPS) is 41.4. The summed E-state index contributed by atoms with van der Waals surface area (Å²) in [6.07, 6.45) is 3.35. The maximum Gasteiger partial charge on any atom is 0.136 e. The molecule has 11 heavy (non-hydrogen) atoms. The van der Waals surface area contributed by atoms with Gasteiger partial charge in [0.15, 0.2) is 0 Å². The Hall–Kier alpha value is -0.330. The van der Waals surface area contributed by atoms with Crippen LogP contribution in [0.15, 0.2) is 0 Å². The zero-order chi connectivity index (χ0) is 8.01. The molecule has 0 bridgehead atoms. The summed E-state index contributed by atoms with van der Waals surface area (Å²) in [7, 11) is 0. The number of hydrogen-bond donors (Lipinski definition) is 0. The van der Waals surface area contributed by atoms with E-state index in [1.807, 2.05) is 0 Å². The van der Waals surface area contributed by atoms with Gasteiger partial charge >= 0.3 is 0 Å². The van der Waals surface area contributed by atoms with Crippen LogP contribution < -0.4 is 0 Å². The summed E-state index contributed by atoms with van der Waals surface area (Å²) in [4.78, 5) is 11.2. The third-order valence-corrected chi connectivity index (χ3v) is 3.17. The van der Waals surface area contributed by atoms with Crippen LogP contribution in [0.4, 0.5) is 0 Å². The molecule has 0 aliphatic heterocycles. The molecule has 0 amide bonds. The second kappa shape index (κ2) is 2.33. The van der Waals surface area contributed by atoms with Gasteiger partial charge in [-0.2, -0.15) is 0 Å². The van der Waals surface area contributed by atoms with Crippen LogP contribution in [-0.4, -0.2) is 5.78 Å². The molecular formula is C10H16O. The van der Waals surface area contributed by atoms with Crippen molar-refractivity contribution in [2.24, 2.45) is 23.7 Å². The molecule has 1 nitrogen and oxygen atoms in total. The van der Waals surface area contributed by atoms with Crippen molar-refractivity contribution >= 4 is 5.78 Å². The average molecular weight is 152 g/mol. The Balaban J connectivity index is 1.89. The van der Waals surface area contributed by atoms with E-state index in [0.717, 1.165) is 24.2 Å². The van der Waals surface area contributed by atoms with Gasteiger partial charge in [-0.05, 0) is 30.6 Å². The van der Waals surface area contributed by atoms with Gasteiger partial charge in [0, 0.05) is 12.3 Å². The van der Waals surface area contributed by atoms with Gasteiger partial charge < -0.3 is 0 Å². The molecule has 62 valence electrons. The zero-order valence-corrected chi connectivity index (χ0v) is 7.34. The van der Waals surface area contributed by atoms with E-state index in [2.05, 4.69) is 13.8 Å². The molecule has 0 unspecified atom stereocenters. The lowest BCUT2D eigenvalue weighted by Gasteiger charge is -2.04. The van der Waals surface area contributed by atoms with Gasteiger partial charge in [-0.1, -0.05) is 13.8 Å². The Kier molecular flexibility index (Phi) is 1.55. The highest BCUT2D eigenvalue weighted by atomic mass is 16.1. The first-order valence-electron chi connectivity index (χ1n) is 4.73. The van der Waals surface area contributed by atoms with E-state index in [1.54, 1.807) is 0 Å². The quantitative estimate of drug-likeness (QED) is 0.593. The Morgan fingerprint density at radius 3 is 2.73 bits per heavy atom. The summed E-state index contributed by atoms with van der Waals surface area (Å²) in [5, 5.41) is 0. The van der Waals surface area contributed by atoms with E-state index in [1.165, 1.54) is 12.8 Å². The van der Waals surface area contributed by atoms with Crippen LogP contribution in [0.5, 0.6) is 0 Å². The molecular weight excluding hydrogens is 136 g/mol. The molecule has 0 radical (unpaired) electrons. The van der Waals surface area contributed by atoms with Crippen LogP contribution in [0.25, 0.3) is 0 Å².